The van der Waals surface area contributed by atoms with Gasteiger partial charge in [-0.3, -0.25) is 0 Å². The fourth-order valence-corrected chi connectivity index (χ4v) is 2.49. The number of hydrogen-bond acceptors (Lipinski definition) is 1. The summed E-state index contributed by atoms with van der Waals surface area (Å²) in [6, 6.07) is 18.6. The Morgan fingerprint density at radius 3 is 2.61 bits per heavy atom. The molecule has 1 aliphatic carbocycles. The number of allylic oxidation sites excluding steroid dienone is 1. The van der Waals surface area contributed by atoms with E-state index in [0.717, 1.165) is 18.4 Å². The Morgan fingerprint density at radius 2 is 1.83 bits per heavy atom. The van der Waals surface area contributed by atoms with E-state index in [0.29, 0.717) is 0 Å². The number of hydrogen-bond donors (Lipinski definition) is 0. The molecule has 1 nitrogen and oxygen atoms in total. The van der Waals surface area contributed by atoms with Crippen molar-refractivity contribution >= 4 is 5.57 Å². The summed E-state index contributed by atoms with van der Waals surface area (Å²) >= 11 is 0. The Kier molecular flexibility index (Phi) is 2.70. The molecule has 0 aromatic heterocycles. The molecule has 0 heterocycles. The maximum atomic E-state index is 9.03. The van der Waals surface area contributed by atoms with E-state index in [1.807, 2.05) is 18.2 Å². The fraction of sp³-hybridized carbons (Fsp3) is 0.118. The predicted octanol–water partition coefficient (Wildman–Crippen LogP) is 3.94. The van der Waals surface area contributed by atoms with Crippen LogP contribution in [0.3, 0.4) is 0 Å². The lowest BCUT2D eigenvalue weighted by Crippen LogP contribution is -2.01. The number of aryl methyl sites for hydroxylation is 1. The van der Waals surface area contributed by atoms with Crippen molar-refractivity contribution in [2.24, 2.45) is 0 Å². The molecule has 0 bridgehead atoms. The van der Waals surface area contributed by atoms with Crippen LogP contribution >= 0.6 is 0 Å². The van der Waals surface area contributed by atoms with Crippen LogP contribution in [-0.4, -0.2) is 0 Å². The molecular formula is C17H13N. The zero-order valence-electron chi connectivity index (χ0n) is 10.1. The summed E-state index contributed by atoms with van der Waals surface area (Å²) in [7, 11) is 0. The molecule has 0 radical (unpaired) electrons. The molecular weight excluding hydrogens is 218 g/mol. The second-order valence-electron chi connectivity index (χ2n) is 4.51. The van der Waals surface area contributed by atoms with Crippen molar-refractivity contribution in [3.63, 3.8) is 0 Å². The van der Waals surface area contributed by atoms with E-state index < -0.39 is 0 Å². The number of nitriles is 1. The normalized spacial score (nSPS) is 13.4. The van der Waals surface area contributed by atoms with Crippen molar-refractivity contribution in [1.29, 1.82) is 5.26 Å². The Balaban J connectivity index is 2.15. The van der Waals surface area contributed by atoms with E-state index in [1.165, 1.54) is 22.3 Å². The Hall–Kier alpha value is -2.33. The standard InChI is InChI=1S/C17H13N/c18-12-13-9-10-15-7-4-8-16(17(15)11-13)14-5-2-1-3-6-14/h1-3,5-6,8-11H,4,7H2. The number of fused-ring (bicyclic) bond motifs is 1. The van der Waals surface area contributed by atoms with E-state index in [1.54, 1.807) is 0 Å². The Labute approximate surface area is 107 Å². The highest BCUT2D eigenvalue weighted by molar-refractivity contribution is 5.83. The molecule has 0 saturated carbocycles. The second-order valence-corrected chi connectivity index (χ2v) is 4.51. The van der Waals surface area contributed by atoms with Crippen molar-refractivity contribution in [1.82, 2.24) is 0 Å². The molecule has 86 valence electrons. The van der Waals surface area contributed by atoms with Crippen LogP contribution in [0.2, 0.25) is 0 Å². The molecule has 1 heteroatoms. The van der Waals surface area contributed by atoms with Gasteiger partial charge in [0.25, 0.3) is 0 Å². The van der Waals surface area contributed by atoms with Gasteiger partial charge in [-0.25, -0.2) is 0 Å². The monoisotopic (exact) mass is 231 g/mol. The van der Waals surface area contributed by atoms with Crippen LogP contribution in [-0.2, 0) is 6.42 Å². The number of nitrogens with zero attached hydrogens (tertiary/aromatic N) is 1. The maximum Gasteiger partial charge on any atom is 0.0991 e. The van der Waals surface area contributed by atoms with Crippen molar-refractivity contribution in [2.75, 3.05) is 0 Å². The number of rotatable bonds is 1. The van der Waals surface area contributed by atoms with Gasteiger partial charge in [0.05, 0.1) is 11.6 Å². The van der Waals surface area contributed by atoms with Gasteiger partial charge in [-0.05, 0) is 47.2 Å². The van der Waals surface area contributed by atoms with Crippen molar-refractivity contribution in [3.05, 3.63) is 76.9 Å². The first-order chi connectivity index (χ1) is 8.88. The summed E-state index contributed by atoms with van der Waals surface area (Å²) in [6.07, 6.45) is 4.42. The lowest BCUT2D eigenvalue weighted by Gasteiger charge is -2.18. The van der Waals surface area contributed by atoms with Crippen LogP contribution in [0.1, 0.15) is 28.7 Å². The average Bonchev–Trinajstić information content (AvgIpc) is 2.47. The summed E-state index contributed by atoms with van der Waals surface area (Å²) in [4.78, 5) is 0. The van der Waals surface area contributed by atoms with Crippen molar-refractivity contribution in [2.45, 2.75) is 12.8 Å². The van der Waals surface area contributed by atoms with Crippen LogP contribution < -0.4 is 0 Å². The average molecular weight is 231 g/mol. The van der Waals surface area contributed by atoms with E-state index >= 15 is 0 Å². The Morgan fingerprint density at radius 1 is 1.00 bits per heavy atom. The van der Waals surface area contributed by atoms with Gasteiger partial charge in [0.15, 0.2) is 0 Å². The highest BCUT2D eigenvalue weighted by atomic mass is 14.2. The third-order valence-corrected chi connectivity index (χ3v) is 3.38. The summed E-state index contributed by atoms with van der Waals surface area (Å²) in [6.45, 7) is 0. The zero-order valence-corrected chi connectivity index (χ0v) is 10.1. The van der Waals surface area contributed by atoms with Gasteiger partial charge in [0, 0.05) is 0 Å². The van der Waals surface area contributed by atoms with Crippen LogP contribution in [0, 0.1) is 11.3 Å². The predicted molar refractivity (Wildman–Crippen MR) is 73.0 cm³/mol. The van der Waals surface area contributed by atoms with Crippen LogP contribution in [0.25, 0.3) is 5.57 Å². The van der Waals surface area contributed by atoms with Crippen molar-refractivity contribution < 1.29 is 0 Å². The van der Waals surface area contributed by atoms with Crippen LogP contribution in [0.5, 0.6) is 0 Å². The zero-order chi connectivity index (χ0) is 12.4. The third kappa shape index (κ3) is 1.83. The first-order valence-corrected chi connectivity index (χ1v) is 6.17. The summed E-state index contributed by atoms with van der Waals surface area (Å²) in [5, 5.41) is 9.03. The summed E-state index contributed by atoms with van der Waals surface area (Å²) in [5.41, 5.74) is 5.78. The molecule has 0 fully saturated rings. The largest absolute Gasteiger partial charge is 0.192 e. The highest BCUT2D eigenvalue weighted by Crippen LogP contribution is 2.32. The second kappa shape index (κ2) is 4.50. The summed E-state index contributed by atoms with van der Waals surface area (Å²) in [5.74, 6) is 0. The molecule has 3 rings (SSSR count). The Bertz CT molecular complexity index is 645. The van der Waals surface area contributed by atoms with Crippen molar-refractivity contribution in [3.8, 4) is 6.07 Å². The molecule has 0 amide bonds. The van der Waals surface area contributed by atoms with E-state index in [2.05, 4.69) is 42.5 Å². The molecule has 0 saturated heterocycles. The molecule has 0 unspecified atom stereocenters. The minimum Gasteiger partial charge on any atom is -0.192 e. The third-order valence-electron chi connectivity index (χ3n) is 3.38. The smallest absolute Gasteiger partial charge is 0.0991 e. The van der Waals surface area contributed by atoms with Gasteiger partial charge >= 0.3 is 0 Å². The minimum atomic E-state index is 0.734. The quantitative estimate of drug-likeness (QED) is 0.729. The highest BCUT2D eigenvalue weighted by Gasteiger charge is 2.14. The first-order valence-electron chi connectivity index (χ1n) is 6.17. The van der Waals surface area contributed by atoms with E-state index in [-0.39, 0.29) is 0 Å². The fourth-order valence-electron chi connectivity index (χ4n) is 2.49. The van der Waals surface area contributed by atoms with Crippen LogP contribution in [0.4, 0.5) is 0 Å². The molecule has 0 aliphatic heterocycles. The molecule has 2 aromatic rings. The van der Waals surface area contributed by atoms with Gasteiger partial charge in [0.1, 0.15) is 0 Å². The topological polar surface area (TPSA) is 23.8 Å². The lowest BCUT2D eigenvalue weighted by molar-refractivity contribution is 0.977. The SMILES string of the molecule is N#Cc1ccc2c(c1)C(c1ccccc1)=CCC2. The molecule has 0 N–H and O–H groups in total. The number of benzene rings is 2. The first kappa shape index (κ1) is 10.8. The molecule has 2 aromatic carbocycles. The minimum absolute atomic E-state index is 0.734. The van der Waals surface area contributed by atoms with Gasteiger partial charge in [-0.2, -0.15) is 5.26 Å². The molecule has 1 aliphatic rings. The van der Waals surface area contributed by atoms with E-state index in [9.17, 15) is 0 Å². The van der Waals surface area contributed by atoms with E-state index in [4.69, 9.17) is 5.26 Å². The van der Waals surface area contributed by atoms with Crippen LogP contribution in [0.15, 0.2) is 54.6 Å². The molecule has 0 atom stereocenters. The van der Waals surface area contributed by atoms with Gasteiger partial charge < -0.3 is 0 Å². The molecule has 0 spiro atoms. The van der Waals surface area contributed by atoms with Gasteiger partial charge in [0.2, 0.25) is 0 Å². The summed E-state index contributed by atoms with van der Waals surface area (Å²) < 4.78 is 0. The van der Waals surface area contributed by atoms with Gasteiger partial charge in [-0.1, -0.05) is 42.5 Å². The molecule has 18 heavy (non-hydrogen) atoms. The maximum absolute atomic E-state index is 9.03. The lowest BCUT2D eigenvalue weighted by atomic mass is 9.86. The van der Waals surface area contributed by atoms with Gasteiger partial charge in [-0.15, -0.1) is 0 Å².